The Morgan fingerprint density at radius 3 is 2.59 bits per heavy atom. The minimum Gasteiger partial charge on any atom is -0.449 e. The van der Waals surface area contributed by atoms with E-state index in [1.165, 1.54) is 54.1 Å². The summed E-state index contributed by atoms with van der Waals surface area (Å²) in [7, 11) is -2.83. The molecule has 5 rings (SSSR count). The number of amides is 5. The van der Waals surface area contributed by atoms with E-state index in [0.717, 1.165) is 4.31 Å². The van der Waals surface area contributed by atoms with Crippen LogP contribution in [0.4, 0.5) is 18.8 Å². The van der Waals surface area contributed by atoms with Crippen LogP contribution < -0.4 is 15.4 Å². The zero-order valence-corrected chi connectivity index (χ0v) is 26.1. The summed E-state index contributed by atoms with van der Waals surface area (Å²) in [6.07, 6.45) is 2.24. The van der Waals surface area contributed by atoms with Crippen molar-refractivity contribution in [2.24, 2.45) is 5.92 Å². The van der Waals surface area contributed by atoms with Crippen LogP contribution in [0.25, 0.3) is 0 Å². The molecule has 1 aromatic carbocycles. The van der Waals surface area contributed by atoms with E-state index in [4.69, 9.17) is 4.74 Å². The number of carbonyl (C=O) groups is 5. The van der Waals surface area contributed by atoms with Crippen molar-refractivity contribution in [2.75, 3.05) is 39.8 Å². The number of Topliss-reactive ketones (excluding diaryl/α,β-unsaturated/α-hetero) is 1. The lowest BCUT2D eigenvalue weighted by Crippen LogP contribution is -2.48. The average Bonchev–Trinajstić information content (AvgIpc) is 3.72. The highest BCUT2D eigenvalue weighted by Crippen LogP contribution is 2.48. The van der Waals surface area contributed by atoms with Crippen molar-refractivity contribution >= 4 is 40.1 Å². The SMILES string of the molecule is CCOC(=O)NS(=O)(=O)N1CC[C@@H](N(Cc2ccc(F)cc2)C(=O)CN2C[C@]3(CCC4C(=O)C(NC(=O)NC)=CC=C43)OC2=O)C1. The Labute approximate surface area is 264 Å². The van der Waals surface area contributed by atoms with E-state index in [1.807, 2.05) is 4.72 Å². The lowest BCUT2D eigenvalue weighted by atomic mass is 9.85. The van der Waals surface area contributed by atoms with Crippen molar-refractivity contribution in [3.05, 3.63) is 59.1 Å². The second-order valence-electron chi connectivity index (χ2n) is 11.4. The molecule has 0 aromatic heterocycles. The van der Waals surface area contributed by atoms with Crippen molar-refractivity contribution in [1.29, 1.82) is 0 Å². The van der Waals surface area contributed by atoms with E-state index in [-0.39, 0.29) is 50.7 Å². The topological polar surface area (TPSA) is 184 Å². The van der Waals surface area contributed by atoms with Gasteiger partial charge < -0.3 is 25.0 Å². The van der Waals surface area contributed by atoms with Gasteiger partial charge in [-0.05, 0) is 55.5 Å². The van der Waals surface area contributed by atoms with Crippen LogP contribution in [0.5, 0.6) is 0 Å². The van der Waals surface area contributed by atoms with Crippen LogP contribution in [0.3, 0.4) is 0 Å². The molecular formula is C29H35FN6O9S. The molecule has 17 heteroatoms. The predicted octanol–water partition coefficient (Wildman–Crippen LogP) is 1.14. The first-order valence-electron chi connectivity index (χ1n) is 14.8. The Morgan fingerprint density at radius 2 is 1.89 bits per heavy atom. The highest BCUT2D eigenvalue weighted by atomic mass is 32.2. The molecule has 2 heterocycles. The van der Waals surface area contributed by atoms with Crippen LogP contribution in [0.1, 0.15) is 31.7 Å². The highest BCUT2D eigenvalue weighted by molar-refractivity contribution is 7.87. The van der Waals surface area contributed by atoms with Gasteiger partial charge in [0.15, 0.2) is 11.4 Å². The molecule has 5 amide bonds. The van der Waals surface area contributed by atoms with E-state index >= 15 is 0 Å². The summed E-state index contributed by atoms with van der Waals surface area (Å²) in [5, 5.41) is 4.90. The van der Waals surface area contributed by atoms with Crippen molar-refractivity contribution in [3.8, 4) is 0 Å². The summed E-state index contributed by atoms with van der Waals surface area (Å²) in [5.41, 5.74) is 0.185. The normalized spacial score (nSPS) is 24.2. The first kappa shape index (κ1) is 32.9. The number of halogens is 1. The van der Waals surface area contributed by atoms with Crippen LogP contribution in [-0.4, -0.2) is 104 Å². The van der Waals surface area contributed by atoms with Gasteiger partial charge in [0.05, 0.1) is 18.8 Å². The summed E-state index contributed by atoms with van der Waals surface area (Å²) in [5.74, 6) is -1.86. The zero-order valence-electron chi connectivity index (χ0n) is 25.3. The van der Waals surface area contributed by atoms with Crippen LogP contribution in [0.15, 0.2) is 47.7 Å². The first-order valence-corrected chi connectivity index (χ1v) is 16.2. The largest absolute Gasteiger partial charge is 0.449 e. The molecule has 15 nitrogen and oxygen atoms in total. The molecule has 2 saturated heterocycles. The van der Waals surface area contributed by atoms with Crippen LogP contribution >= 0.6 is 0 Å². The van der Waals surface area contributed by atoms with E-state index in [9.17, 15) is 36.8 Å². The molecule has 4 aliphatic rings. The monoisotopic (exact) mass is 662 g/mol. The summed E-state index contributed by atoms with van der Waals surface area (Å²) >= 11 is 0. The highest BCUT2D eigenvalue weighted by Gasteiger charge is 2.56. The van der Waals surface area contributed by atoms with Crippen LogP contribution in [0.2, 0.25) is 0 Å². The van der Waals surface area contributed by atoms with E-state index in [0.29, 0.717) is 24.0 Å². The number of hydrogen-bond acceptors (Lipinski definition) is 9. The fourth-order valence-corrected chi connectivity index (χ4v) is 7.39. The fourth-order valence-electron chi connectivity index (χ4n) is 6.28. The molecule has 3 fully saturated rings. The van der Waals surface area contributed by atoms with Gasteiger partial charge in [-0.2, -0.15) is 12.7 Å². The molecule has 2 aliphatic heterocycles. The summed E-state index contributed by atoms with van der Waals surface area (Å²) in [6.45, 7) is 1.01. The molecule has 0 radical (unpaired) electrons. The quantitative estimate of drug-likeness (QED) is 0.349. The zero-order chi connectivity index (χ0) is 33.2. The first-order chi connectivity index (χ1) is 21.9. The van der Waals surface area contributed by atoms with Crippen molar-refractivity contribution in [2.45, 2.75) is 44.4 Å². The van der Waals surface area contributed by atoms with Gasteiger partial charge in [-0.1, -0.05) is 18.2 Å². The Hall–Kier alpha value is -4.51. The lowest BCUT2D eigenvalue weighted by Gasteiger charge is -2.31. The second-order valence-corrected chi connectivity index (χ2v) is 13.0. The fraction of sp³-hybridized carbons (Fsp3) is 0.483. The number of ether oxygens (including phenoxy) is 2. The third-order valence-electron chi connectivity index (χ3n) is 8.52. The third-order valence-corrected chi connectivity index (χ3v) is 9.96. The number of nitrogens with one attached hydrogen (secondary N) is 3. The summed E-state index contributed by atoms with van der Waals surface area (Å²) in [6, 6.07) is 4.33. The van der Waals surface area contributed by atoms with Crippen molar-refractivity contribution in [1.82, 2.24) is 29.5 Å². The number of ketones is 1. The number of benzene rings is 1. The molecule has 3 N–H and O–H groups in total. The number of urea groups is 1. The van der Waals surface area contributed by atoms with Gasteiger partial charge in [0.25, 0.3) is 0 Å². The van der Waals surface area contributed by atoms with Gasteiger partial charge in [-0.25, -0.2) is 23.5 Å². The Balaban J connectivity index is 1.32. The maximum Gasteiger partial charge on any atom is 0.421 e. The smallest absolute Gasteiger partial charge is 0.421 e. The standard InChI is InChI=1S/C29H35FN6O9S/c1-3-44-27(40)33-46(42,43)35-13-11-20(15-35)36(14-18-4-6-19(30)7-5-18)24(37)16-34-17-29(45-28(34)41)12-10-21-22(29)8-9-23(25(21)38)32-26(39)31-2/h4-9,20-21H,3,10-17H2,1-2H3,(H,33,40)(H2,31,32,39)/t20-,21?,29+/m1/s1. The van der Waals surface area contributed by atoms with E-state index in [1.54, 1.807) is 6.08 Å². The molecule has 46 heavy (non-hydrogen) atoms. The molecule has 1 unspecified atom stereocenters. The number of hydrogen-bond donors (Lipinski definition) is 3. The number of carbonyl (C=O) groups excluding carboxylic acids is 5. The Kier molecular flexibility index (Phi) is 9.34. The molecule has 1 aromatic rings. The molecular weight excluding hydrogens is 627 g/mol. The number of rotatable bonds is 9. The molecule has 248 valence electrons. The number of allylic oxidation sites excluding steroid dienone is 3. The van der Waals surface area contributed by atoms with Gasteiger partial charge in [0.1, 0.15) is 12.4 Å². The number of fused-ring (bicyclic) bond motifs is 2. The average molecular weight is 663 g/mol. The molecule has 1 spiro atoms. The maximum atomic E-state index is 13.9. The lowest BCUT2D eigenvalue weighted by molar-refractivity contribution is -0.134. The van der Waals surface area contributed by atoms with Gasteiger partial charge in [0, 0.05) is 38.6 Å². The van der Waals surface area contributed by atoms with E-state index in [2.05, 4.69) is 15.4 Å². The Morgan fingerprint density at radius 1 is 1.15 bits per heavy atom. The Bertz CT molecular complexity index is 1600. The van der Waals surface area contributed by atoms with Crippen molar-refractivity contribution < 1.29 is 46.3 Å². The van der Waals surface area contributed by atoms with Gasteiger partial charge >= 0.3 is 28.4 Å². The summed E-state index contributed by atoms with van der Waals surface area (Å²) in [4.78, 5) is 66.3. The van der Waals surface area contributed by atoms with E-state index < -0.39 is 64.3 Å². The molecule has 0 bridgehead atoms. The minimum absolute atomic E-state index is 0.00460. The van der Waals surface area contributed by atoms with Crippen LogP contribution in [-0.2, 0) is 35.8 Å². The third kappa shape index (κ3) is 6.69. The molecule has 2 aliphatic carbocycles. The van der Waals surface area contributed by atoms with Gasteiger partial charge in [-0.3, -0.25) is 14.5 Å². The van der Waals surface area contributed by atoms with Crippen molar-refractivity contribution in [3.63, 3.8) is 0 Å². The molecule has 1 saturated carbocycles. The minimum atomic E-state index is -4.26. The van der Waals surface area contributed by atoms with Crippen LogP contribution in [0, 0.1) is 11.7 Å². The second kappa shape index (κ2) is 13.1. The summed E-state index contributed by atoms with van der Waals surface area (Å²) < 4.78 is 52.6. The number of nitrogens with zero attached hydrogens (tertiary/aromatic N) is 3. The predicted molar refractivity (Wildman–Crippen MR) is 158 cm³/mol. The van der Waals surface area contributed by atoms with Gasteiger partial charge in [0.2, 0.25) is 5.91 Å². The molecule has 3 atom stereocenters. The maximum absolute atomic E-state index is 13.9. The van der Waals surface area contributed by atoms with Gasteiger partial charge in [-0.15, -0.1) is 0 Å².